The van der Waals surface area contributed by atoms with Crippen molar-refractivity contribution in [1.29, 1.82) is 0 Å². The van der Waals surface area contributed by atoms with Crippen LogP contribution in [0, 0.1) is 4.77 Å². The number of aromatic amines is 1. The first-order valence-electron chi connectivity index (χ1n) is 5.73. The van der Waals surface area contributed by atoms with Crippen molar-refractivity contribution in [2.24, 2.45) is 5.10 Å². The number of allylic oxidation sites excluding steroid dienone is 1. The van der Waals surface area contributed by atoms with Crippen LogP contribution < -0.4 is 0 Å². The number of nitrogens with zero attached hydrogens (tertiary/aromatic N) is 3. The SMILES string of the molecule is CCc1n[nH]c(=S)n1/N=C\C=C/c1ccccc1. The molecule has 1 aromatic heterocycles. The van der Waals surface area contributed by atoms with Gasteiger partial charge in [-0.15, -0.1) is 0 Å². The topological polar surface area (TPSA) is 46.0 Å². The smallest absolute Gasteiger partial charge is 0.216 e. The van der Waals surface area contributed by atoms with Crippen molar-refractivity contribution >= 4 is 24.5 Å². The summed E-state index contributed by atoms with van der Waals surface area (Å²) in [6, 6.07) is 10.1. The van der Waals surface area contributed by atoms with E-state index in [1.54, 1.807) is 10.9 Å². The molecule has 0 saturated carbocycles. The first kappa shape index (κ1) is 12.4. The van der Waals surface area contributed by atoms with Crippen LogP contribution in [0.25, 0.3) is 6.08 Å². The van der Waals surface area contributed by atoms with Crippen molar-refractivity contribution in [3.8, 4) is 0 Å². The maximum atomic E-state index is 5.09. The molecule has 0 aliphatic rings. The second-order valence-corrected chi connectivity index (χ2v) is 4.03. The van der Waals surface area contributed by atoms with Gasteiger partial charge in [-0.05, 0) is 23.9 Å². The Hall–Kier alpha value is -2.01. The van der Waals surface area contributed by atoms with E-state index in [9.17, 15) is 0 Å². The molecule has 2 rings (SSSR count). The Morgan fingerprint density at radius 2 is 2.17 bits per heavy atom. The van der Waals surface area contributed by atoms with E-state index in [-0.39, 0.29) is 0 Å². The van der Waals surface area contributed by atoms with Gasteiger partial charge >= 0.3 is 0 Å². The molecule has 1 heterocycles. The Labute approximate surface area is 111 Å². The first-order valence-corrected chi connectivity index (χ1v) is 6.14. The summed E-state index contributed by atoms with van der Waals surface area (Å²) in [7, 11) is 0. The van der Waals surface area contributed by atoms with E-state index in [1.807, 2.05) is 49.4 Å². The molecule has 0 unspecified atom stereocenters. The molecule has 0 bridgehead atoms. The lowest BCUT2D eigenvalue weighted by atomic mass is 10.2. The van der Waals surface area contributed by atoms with Crippen LogP contribution >= 0.6 is 12.2 Å². The molecule has 1 aromatic carbocycles. The molecule has 1 N–H and O–H groups in total. The fraction of sp³-hybridized carbons (Fsp3) is 0.154. The van der Waals surface area contributed by atoms with E-state index in [2.05, 4.69) is 15.3 Å². The van der Waals surface area contributed by atoms with Gasteiger partial charge in [-0.3, -0.25) is 5.10 Å². The van der Waals surface area contributed by atoms with Gasteiger partial charge in [0.2, 0.25) is 4.77 Å². The molecule has 0 amide bonds. The fourth-order valence-electron chi connectivity index (χ4n) is 1.50. The average Bonchev–Trinajstić information content (AvgIpc) is 2.77. The highest BCUT2D eigenvalue weighted by atomic mass is 32.1. The van der Waals surface area contributed by atoms with E-state index in [4.69, 9.17) is 12.2 Å². The second-order valence-electron chi connectivity index (χ2n) is 3.64. The minimum Gasteiger partial charge on any atom is -0.250 e. The maximum Gasteiger partial charge on any atom is 0.216 e. The molecule has 4 nitrogen and oxygen atoms in total. The third-order valence-corrected chi connectivity index (χ3v) is 2.65. The van der Waals surface area contributed by atoms with Crippen molar-refractivity contribution in [1.82, 2.24) is 14.9 Å². The third kappa shape index (κ3) is 3.01. The minimum atomic E-state index is 0.510. The van der Waals surface area contributed by atoms with Gasteiger partial charge in [0.25, 0.3) is 0 Å². The monoisotopic (exact) mass is 258 g/mol. The summed E-state index contributed by atoms with van der Waals surface area (Å²) >= 11 is 5.09. The summed E-state index contributed by atoms with van der Waals surface area (Å²) in [6.07, 6.45) is 6.35. The molecule has 92 valence electrons. The average molecular weight is 258 g/mol. The zero-order valence-electron chi connectivity index (χ0n) is 10.1. The van der Waals surface area contributed by atoms with E-state index in [0.29, 0.717) is 4.77 Å². The van der Waals surface area contributed by atoms with Crippen molar-refractivity contribution in [2.75, 3.05) is 0 Å². The number of H-pyrrole nitrogens is 1. The molecule has 0 spiro atoms. The lowest BCUT2D eigenvalue weighted by molar-refractivity contribution is 0.780. The van der Waals surface area contributed by atoms with Crippen LogP contribution in [0.1, 0.15) is 18.3 Å². The van der Waals surface area contributed by atoms with Crippen LogP contribution in [-0.2, 0) is 6.42 Å². The number of aryl methyl sites for hydroxylation is 1. The van der Waals surface area contributed by atoms with Gasteiger partial charge in [0.05, 0.1) is 0 Å². The van der Waals surface area contributed by atoms with E-state index in [1.165, 1.54) is 0 Å². The molecule has 18 heavy (non-hydrogen) atoms. The Morgan fingerprint density at radius 1 is 1.39 bits per heavy atom. The van der Waals surface area contributed by atoms with E-state index < -0.39 is 0 Å². The van der Waals surface area contributed by atoms with Crippen molar-refractivity contribution in [3.05, 3.63) is 52.6 Å². The molecule has 0 radical (unpaired) electrons. The van der Waals surface area contributed by atoms with Crippen LogP contribution in [0.3, 0.4) is 0 Å². The Balaban J connectivity index is 2.10. The quantitative estimate of drug-likeness (QED) is 0.676. The molecule has 0 aliphatic carbocycles. The van der Waals surface area contributed by atoms with Crippen LogP contribution in [0.15, 0.2) is 41.5 Å². The minimum absolute atomic E-state index is 0.510. The summed E-state index contributed by atoms with van der Waals surface area (Å²) in [5.74, 6) is 0.823. The molecule has 0 atom stereocenters. The highest BCUT2D eigenvalue weighted by Gasteiger charge is 1.99. The number of hydrogen-bond acceptors (Lipinski definition) is 3. The van der Waals surface area contributed by atoms with Crippen LogP contribution in [0.5, 0.6) is 0 Å². The molecular formula is C13H14N4S. The van der Waals surface area contributed by atoms with E-state index in [0.717, 1.165) is 17.8 Å². The fourth-order valence-corrected chi connectivity index (χ4v) is 1.69. The van der Waals surface area contributed by atoms with Gasteiger partial charge in [0.15, 0.2) is 5.82 Å². The highest BCUT2D eigenvalue weighted by Crippen LogP contribution is 2.00. The van der Waals surface area contributed by atoms with Gasteiger partial charge in [0, 0.05) is 12.6 Å². The predicted octanol–water partition coefficient (Wildman–Crippen LogP) is 3.05. The summed E-state index contributed by atoms with van der Waals surface area (Å²) in [6.45, 7) is 2.01. The first-order chi connectivity index (χ1) is 8.81. The molecule has 5 heteroatoms. The second kappa shape index (κ2) is 6.07. The molecular weight excluding hydrogens is 244 g/mol. The lowest BCUT2D eigenvalue weighted by Crippen LogP contribution is -1.95. The van der Waals surface area contributed by atoms with Gasteiger partial charge in [-0.25, -0.2) is 0 Å². The van der Waals surface area contributed by atoms with Gasteiger partial charge < -0.3 is 0 Å². The Kier molecular flexibility index (Phi) is 4.20. The normalized spacial score (nSPS) is 11.6. The van der Waals surface area contributed by atoms with Gasteiger partial charge in [-0.2, -0.15) is 14.9 Å². The maximum absolute atomic E-state index is 5.09. The van der Waals surface area contributed by atoms with Crippen molar-refractivity contribution < 1.29 is 0 Å². The molecule has 0 fully saturated rings. The zero-order chi connectivity index (χ0) is 12.8. The van der Waals surface area contributed by atoms with Gasteiger partial charge in [-0.1, -0.05) is 43.3 Å². The largest absolute Gasteiger partial charge is 0.250 e. The Morgan fingerprint density at radius 3 is 2.89 bits per heavy atom. The number of nitrogens with one attached hydrogen (secondary N) is 1. The number of hydrogen-bond donors (Lipinski definition) is 1. The molecule has 0 saturated heterocycles. The summed E-state index contributed by atoms with van der Waals surface area (Å²) in [5.41, 5.74) is 1.13. The molecule has 2 aromatic rings. The van der Waals surface area contributed by atoms with E-state index >= 15 is 0 Å². The predicted molar refractivity (Wildman–Crippen MR) is 76.2 cm³/mol. The van der Waals surface area contributed by atoms with Gasteiger partial charge in [0.1, 0.15) is 0 Å². The summed E-state index contributed by atoms with van der Waals surface area (Å²) in [4.78, 5) is 0. The van der Waals surface area contributed by atoms with Crippen LogP contribution in [-0.4, -0.2) is 21.1 Å². The summed E-state index contributed by atoms with van der Waals surface area (Å²) in [5, 5.41) is 11.1. The lowest BCUT2D eigenvalue weighted by Gasteiger charge is -1.94. The number of rotatable bonds is 4. The Bertz CT molecular complexity index is 607. The highest BCUT2D eigenvalue weighted by molar-refractivity contribution is 7.71. The van der Waals surface area contributed by atoms with Crippen LogP contribution in [0.4, 0.5) is 0 Å². The number of benzene rings is 1. The molecule has 0 aliphatic heterocycles. The standard InChI is InChI=1S/C13H14N4S/c1-2-12-15-16-13(18)17(12)14-10-6-9-11-7-4-3-5-8-11/h3-10H,2H2,1H3,(H,16,18)/b9-6-,14-10-. The zero-order valence-corrected chi connectivity index (χ0v) is 10.9. The van der Waals surface area contributed by atoms with Crippen molar-refractivity contribution in [3.63, 3.8) is 0 Å². The van der Waals surface area contributed by atoms with Crippen molar-refractivity contribution in [2.45, 2.75) is 13.3 Å². The third-order valence-electron chi connectivity index (χ3n) is 2.39. The number of aromatic nitrogens is 3. The van der Waals surface area contributed by atoms with Crippen LogP contribution in [0.2, 0.25) is 0 Å². The summed E-state index contributed by atoms with van der Waals surface area (Å²) < 4.78 is 2.14.